The lowest BCUT2D eigenvalue weighted by Gasteiger charge is -2.23. The number of nitrogens with zero attached hydrogens (tertiary/aromatic N) is 1. The van der Waals surface area contributed by atoms with Gasteiger partial charge in [0.2, 0.25) is 5.91 Å². The number of nitrogens with one attached hydrogen (secondary N) is 1. The summed E-state index contributed by atoms with van der Waals surface area (Å²) in [6.45, 7) is 5.29. The zero-order valence-electron chi connectivity index (χ0n) is 16.3. The zero-order valence-corrected chi connectivity index (χ0v) is 17.1. The Labute approximate surface area is 166 Å². The van der Waals surface area contributed by atoms with Crippen LogP contribution >= 0.6 is 11.8 Å². The molecule has 1 amide bonds. The quantitative estimate of drug-likeness (QED) is 0.586. The summed E-state index contributed by atoms with van der Waals surface area (Å²) < 4.78 is 28.6. The van der Waals surface area contributed by atoms with Gasteiger partial charge in [-0.15, -0.1) is 11.8 Å². The number of ether oxygens (including phenoxy) is 2. The molecule has 2 heterocycles. The molecule has 1 N–H and O–H groups in total. The first-order valence-electron chi connectivity index (χ1n) is 9.01. The number of halogens is 1. The summed E-state index contributed by atoms with van der Waals surface area (Å²) in [6, 6.07) is 1.56. The third-order valence-electron chi connectivity index (χ3n) is 4.15. The smallest absolute Gasteiger partial charge is 0.339 e. The van der Waals surface area contributed by atoms with Crippen LogP contribution in [0.25, 0.3) is 0 Å². The molecule has 1 aliphatic heterocycles. The van der Waals surface area contributed by atoms with Gasteiger partial charge in [-0.25, -0.2) is 4.79 Å². The summed E-state index contributed by atoms with van der Waals surface area (Å²) in [7, 11) is 1.44. The summed E-state index contributed by atoms with van der Waals surface area (Å²) in [5.41, 5.74) is -0.561. The van der Waals surface area contributed by atoms with Gasteiger partial charge in [0.1, 0.15) is 22.6 Å². The van der Waals surface area contributed by atoms with Crippen molar-refractivity contribution >= 4 is 22.7 Å². The average Bonchev–Trinajstić information content (AvgIpc) is 3.18. The molecule has 0 saturated heterocycles. The van der Waals surface area contributed by atoms with Gasteiger partial charge in [0, 0.05) is 18.4 Å². The Bertz CT molecular complexity index is 771. The van der Waals surface area contributed by atoms with E-state index in [1.165, 1.54) is 31.9 Å². The zero-order chi connectivity index (χ0) is 20.7. The Kier molecular flexibility index (Phi) is 8.02. The fourth-order valence-corrected chi connectivity index (χ4v) is 3.85. The van der Waals surface area contributed by atoms with Crippen molar-refractivity contribution in [3.05, 3.63) is 28.3 Å². The molecule has 0 bridgehead atoms. The topological polar surface area (TPSA) is 99.4 Å². The number of hydrogen-bond acceptors (Lipinski definition) is 8. The maximum absolute atomic E-state index is 13.0. The minimum absolute atomic E-state index is 0.226. The SMILES string of the molecule is CCCC(NC(=O)C1CSC(C(C)(OF)OCC)=N1)c1cc(OC)cc(=O)o1. The van der Waals surface area contributed by atoms with Crippen molar-refractivity contribution in [1.82, 2.24) is 5.32 Å². The number of rotatable bonds is 10. The van der Waals surface area contributed by atoms with E-state index >= 15 is 0 Å². The van der Waals surface area contributed by atoms with E-state index in [-0.39, 0.29) is 17.6 Å². The van der Waals surface area contributed by atoms with Gasteiger partial charge >= 0.3 is 5.63 Å². The van der Waals surface area contributed by atoms with Crippen molar-refractivity contribution in [2.45, 2.75) is 51.5 Å². The Balaban J connectivity index is 2.17. The summed E-state index contributed by atoms with van der Waals surface area (Å²) in [4.78, 5) is 32.6. The Morgan fingerprint density at radius 2 is 2.25 bits per heavy atom. The average molecular weight is 416 g/mol. The third kappa shape index (κ3) is 5.33. The summed E-state index contributed by atoms with van der Waals surface area (Å²) in [6.07, 6.45) is 1.31. The lowest BCUT2D eigenvalue weighted by Crippen LogP contribution is -2.38. The molecule has 3 unspecified atom stereocenters. The molecule has 8 nitrogen and oxygen atoms in total. The number of carbonyl (C=O) groups is 1. The van der Waals surface area contributed by atoms with Gasteiger partial charge in [0.25, 0.3) is 5.79 Å². The van der Waals surface area contributed by atoms with E-state index in [4.69, 9.17) is 13.9 Å². The van der Waals surface area contributed by atoms with Crippen LogP contribution in [0.3, 0.4) is 0 Å². The number of thioether (sulfide) groups is 1. The van der Waals surface area contributed by atoms with Gasteiger partial charge in [0.15, 0.2) is 0 Å². The fourth-order valence-electron chi connectivity index (χ4n) is 2.75. The van der Waals surface area contributed by atoms with Crippen molar-refractivity contribution in [1.29, 1.82) is 0 Å². The van der Waals surface area contributed by atoms with Crippen LogP contribution in [0.1, 0.15) is 45.4 Å². The van der Waals surface area contributed by atoms with E-state index < -0.39 is 23.5 Å². The Hall–Kier alpha value is -1.91. The van der Waals surface area contributed by atoms with Crippen molar-refractivity contribution < 1.29 is 28.2 Å². The molecule has 28 heavy (non-hydrogen) atoms. The molecule has 0 fully saturated rings. The van der Waals surface area contributed by atoms with E-state index in [2.05, 4.69) is 15.3 Å². The number of aliphatic imine (C=N–C) groups is 1. The van der Waals surface area contributed by atoms with E-state index in [1.54, 1.807) is 13.0 Å². The second-order valence-electron chi connectivity index (χ2n) is 6.29. The molecule has 0 spiro atoms. The van der Waals surface area contributed by atoms with E-state index in [9.17, 15) is 14.1 Å². The molecule has 0 saturated carbocycles. The molecule has 0 aliphatic carbocycles. The highest BCUT2D eigenvalue weighted by atomic mass is 32.2. The lowest BCUT2D eigenvalue weighted by molar-refractivity contribution is -0.298. The molecule has 1 aromatic heterocycles. The van der Waals surface area contributed by atoms with Crippen LogP contribution in [-0.2, 0) is 14.5 Å². The summed E-state index contributed by atoms with van der Waals surface area (Å²) >= 11 is 1.20. The normalized spacial score (nSPS) is 19.6. The first-order valence-corrected chi connectivity index (χ1v) is 9.99. The van der Waals surface area contributed by atoms with Gasteiger partial charge < -0.3 is 19.2 Å². The van der Waals surface area contributed by atoms with Crippen LogP contribution < -0.4 is 15.7 Å². The minimum Gasteiger partial charge on any atom is -0.496 e. The van der Waals surface area contributed by atoms with E-state index in [0.29, 0.717) is 23.7 Å². The van der Waals surface area contributed by atoms with Crippen LogP contribution in [0, 0.1) is 0 Å². The Morgan fingerprint density at radius 1 is 1.50 bits per heavy atom. The largest absolute Gasteiger partial charge is 0.496 e. The van der Waals surface area contributed by atoms with Gasteiger partial charge in [-0.2, -0.15) is 4.94 Å². The summed E-state index contributed by atoms with van der Waals surface area (Å²) in [5, 5.41) is 3.11. The lowest BCUT2D eigenvalue weighted by atomic mass is 10.1. The van der Waals surface area contributed by atoms with E-state index in [0.717, 1.165) is 6.42 Å². The first-order chi connectivity index (χ1) is 13.4. The van der Waals surface area contributed by atoms with Gasteiger partial charge in [-0.1, -0.05) is 13.3 Å². The molecule has 0 radical (unpaired) electrons. The van der Waals surface area contributed by atoms with Crippen molar-refractivity contribution in [3.8, 4) is 5.75 Å². The number of amides is 1. The second-order valence-corrected chi connectivity index (χ2v) is 7.29. The van der Waals surface area contributed by atoms with Crippen LogP contribution in [0.15, 0.2) is 26.3 Å². The maximum Gasteiger partial charge on any atom is 0.339 e. The highest BCUT2D eigenvalue weighted by Gasteiger charge is 2.40. The van der Waals surface area contributed by atoms with Crippen LogP contribution in [-0.4, -0.2) is 42.2 Å². The number of carbonyl (C=O) groups excluding carboxylic acids is 1. The fraction of sp³-hybridized carbons (Fsp3) is 0.611. The Morgan fingerprint density at radius 3 is 2.86 bits per heavy atom. The maximum atomic E-state index is 13.0. The van der Waals surface area contributed by atoms with Crippen LogP contribution in [0.5, 0.6) is 5.75 Å². The molecule has 1 aromatic rings. The molecule has 1 aliphatic rings. The van der Waals surface area contributed by atoms with Gasteiger partial charge in [0.05, 0.1) is 19.2 Å². The number of methoxy groups -OCH3 is 1. The molecule has 3 atom stereocenters. The molecule has 0 aromatic carbocycles. The van der Waals surface area contributed by atoms with Crippen molar-refractivity contribution in [2.75, 3.05) is 19.5 Å². The molecule has 156 valence electrons. The van der Waals surface area contributed by atoms with Crippen LogP contribution in [0.4, 0.5) is 4.53 Å². The highest BCUT2D eigenvalue weighted by molar-refractivity contribution is 8.14. The molecular formula is C18H25FN2O6S. The molecular weight excluding hydrogens is 391 g/mol. The first kappa shape index (κ1) is 22.4. The predicted octanol–water partition coefficient (Wildman–Crippen LogP) is 2.77. The second kappa shape index (κ2) is 10.0. The van der Waals surface area contributed by atoms with E-state index in [1.807, 2.05) is 6.92 Å². The molecule has 10 heteroatoms. The monoisotopic (exact) mass is 416 g/mol. The third-order valence-corrected chi connectivity index (χ3v) is 5.38. The van der Waals surface area contributed by atoms with Gasteiger partial charge in [-0.3, -0.25) is 9.79 Å². The van der Waals surface area contributed by atoms with Crippen molar-refractivity contribution in [3.63, 3.8) is 0 Å². The predicted molar refractivity (Wildman–Crippen MR) is 103 cm³/mol. The number of hydrogen-bond donors (Lipinski definition) is 1. The van der Waals surface area contributed by atoms with Crippen LogP contribution in [0.2, 0.25) is 0 Å². The van der Waals surface area contributed by atoms with Gasteiger partial charge in [-0.05, 0) is 24.8 Å². The highest BCUT2D eigenvalue weighted by Crippen LogP contribution is 2.30. The molecule has 2 rings (SSSR count). The van der Waals surface area contributed by atoms with Crippen molar-refractivity contribution in [2.24, 2.45) is 4.99 Å². The summed E-state index contributed by atoms with van der Waals surface area (Å²) in [5.74, 6) is -0.999. The standard InChI is InChI=1S/C18H25FN2O6S/c1-5-7-12(14-8-11(24-4)9-15(22)26-14)20-16(23)13-10-28-17(21-13)18(3,27-19)25-6-2/h8-9,12-13H,5-7,10H2,1-4H3,(H,20,23). The minimum atomic E-state index is -1.63.